The van der Waals surface area contributed by atoms with E-state index in [4.69, 9.17) is 9.47 Å². The van der Waals surface area contributed by atoms with Crippen LogP contribution in [0.15, 0.2) is 12.1 Å². The first kappa shape index (κ1) is 21.5. The molecule has 0 saturated heterocycles. The lowest BCUT2D eigenvalue weighted by Gasteiger charge is -2.16. The SMILES string of the molecule is CCCCOc1c(I)cc(C[NH2+]CC[NH+](CC)CC)cc1OCC. The first-order chi connectivity index (χ1) is 11.7. The van der Waals surface area contributed by atoms with Crippen LogP contribution >= 0.6 is 22.6 Å². The zero-order chi connectivity index (χ0) is 17.8. The zero-order valence-electron chi connectivity index (χ0n) is 15.8. The summed E-state index contributed by atoms with van der Waals surface area (Å²) in [7, 11) is 0. The summed E-state index contributed by atoms with van der Waals surface area (Å²) in [6.07, 6.45) is 2.22. The van der Waals surface area contributed by atoms with Crippen LogP contribution in [0.2, 0.25) is 0 Å². The van der Waals surface area contributed by atoms with E-state index in [2.05, 4.69) is 60.8 Å². The largest absolute Gasteiger partial charge is 0.490 e. The van der Waals surface area contributed by atoms with Crippen LogP contribution in [0.1, 0.15) is 46.1 Å². The molecule has 0 unspecified atom stereocenters. The van der Waals surface area contributed by atoms with Gasteiger partial charge in [0.05, 0.1) is 29.9 Å². The molecule has 0 spiro atoms. The number of halogens is 1. The molecular weight excluding hydrogens is 415 g/mol. The van der Waals surface area contributed by atoms with Gasteiger partial charge in [-0.05, 0) is 61.9 Å². The minimum Gasteiger partial charge on any atom is -0.490 e. The maximum absolute atomic E-state index is 5.96. The minimum absolute atomic E-state index is 0.665. The normalized spacial score (nSPS) is 11.1. The highest BCUT2D eigenvalue weighted by Crippen LogP contribution is 2.34. The van der Waals surface area contributed by atoms with Gasteiger partial charge in [0.15, 0.2) is 11.5 Å². The fourth-order valence-corrected chi connectivity index (χ4v) is 3.46. The Morgan fingerprint density at radius 1 is 1.08 bits per heavy atom. The number of nitrogens with one attached hydrogen (secondary N) is 1. The molecule has 0 saturated carbocycles. The van der Waals surface area contributed by atoms with E-state index in [0.29, 0.717) is 6.61 Å². The van der Waals surface area contributed by atoms with Crippen LogP contribution < -0.4 is 19.7 Å². The van der Waals surface area contributed by atoms with E-state index in [1.807, 2.05) is 6.92 Å². The number of hydrogen-bond acceptors (Lipinski definition) is 2. The molecule has 0 atom stereocenters. The Morgan fingerprint density at radius 3 is 2.46 bits per heavy atom. The van der Waals surface area contributed by atoms with E-state index < -0.39 is 0 Å². The Morgan fingerprint density at radius 2 is 1.83 bits per heavy atom. The molecule has 4 nitrogen and oxygen atoms in total. The zero-order valence-corrected chi connectivity index (χ0v) is 17.9. The summed E-state index contributed by atoms with van der Waals surface area (Å²) in [6, 6.07) is 4.37. The van der Waals surface area contributed by atoms with E-state index in [1.165, 1.54) is 25.2 Å². The highest BCUT2D eigenvalue weighted by atomic mass is 127. The van der Waals surface area contributed by atoms with Crippen LogP contribution in [0.4, 0.5) is 0 Å². The molecule has 1 aromatic carbocycles. The Hall–Kier alpha value is -0.530. The Kier molecular flexibility index (Phi) is 11.5. The summed E-state index contributed by atoms with van der Waals surface area (Å²) in [5.41, 5.74) is 1.31. The molecule has 0 amide bonds. The second kappa shape index (κ2) is 12.8. The maximum Gasteiger partial charge on any atom is 0.174 e. The van der Waals surface area contributed by atoms with Gasteiger partial charge in [-0.25, -0.2) is 0 Å². The first-order valence-electron chi connectivity index (χ1n) is 9.39. The fourth-order valence-electron chi connectivity index (χ4n) is 2.64. The number of likely N-dealkylation sites (N-methyl/N-ethyl adjacent to an activating group) is 1. The number of nitrogens with two attached hydrogens (primary N) is 1. The lowest BCUT2D eigenvalue weighted by atomic mass is 10.2. The number of quaternary nitrogens is 2. The van der Waals surface area contributed by atoms with Crippen LogP contribution in [0.3, 0.4) is 0 Å². The van der Waals surface area contributed by atoms with Crippen molar-refractivity contribution in [1.82, 2.24) is 0 Å². The molecule has 0 heterocycles. The molecular formula is C19H35IN2O2+2. The monoisotopic (exact) mass is 450 g/mol. The van der Waals surface area contributed by atoms with Crippen LogP contribution in [0, 0.1) is 3.57 Å². The molecule has 5 heteroatoms. The van der Waals surface area contributed by atoms with Crippen molar-refractivity contribution >= 4 is 22.6 Å². The van der Waals surface area contributed by atoms with Gasteiger partial charge in [-0.15, -0.1) is 0 Å². The predicted molar refractivity (Wildman–Crippen MR) is 108 cm³/mol. The van der Waals surface area contributed by atoms with E-state index >= 15 is 0 Å². The van der Waals surface area contributed by atoms with Gasteiger partial charge in [0.1, 0.15) is 19.6 Å². The van der Waals surface area contributed by atoms with Crippen molar-refractivity contribution in [1.29, 1.82) is 0 Å². The van der Waals surface area contributed by atoms with E-state index in [-0.39, 0.29) is 0 Å². The Bertz CT molecular complexity index is 465. The van der Waals surface area contributed by atoms with Gasteiger partial charge >= 0.3 is 0 Å². The molecule has 0 aromatic heterocycles. The second-order valence-corrected chi connectivity index (χ2v) is 7.19. The molecule has 0 aliphatic carbocycles. The number of unbranched alkanes of at least 4 members (excludes halogenated alkanes) is 1. The standard InChI is InChI=1S/C19H33IN2O2/c1-5-9-12-24-19-17(20)13-16(14-18(19)23-8-4)15-21-10-11-22(6-2)7-3/h13-14,21H,5-12,15H2,1-4H3/p+2. The molecule has 0 radical (unpaired) electrons. The van der Waals surface area contributed by atoms with Gasteiger partial charge in [0.25, 0.3) is 0 Å². The van der Waals surface area contributed by atoms with Crippen molar-refractivity contribution in [3.05, 3.63) is 21.3 Å². The summed E-state index contributed by atoms with van der Waals surface area (Å²) in [6.45, 7) is 15.9. The van der Waals surface area contributed by atoms with Crippen molar-refractivity contribution in [3.63, 3.8) is 0 Å². The Balaban J connectivity index is 2.64. The Labute approximate surface area is 161 Å². The topological polar surface area (TPSA) is 39.5 Å². The van der Waals surface area contributed by atoms with Gasteiger partial charge in [0.2, 0.25) is 0 Å². The summed E-state index contributed by atoms with van der Waals surface area (Å²) in [4.78, 5) is 1.66. The van der Waals surface area contributed by atoms with Crippen LogP contribution in [0.25, 0.3) is 0 Å². The van der Waals surface area contributed by atoms with Crippen LogP contribution in [-0.2, 0) is 6.54 Å². The molecule has 0 bridgehead atoms. The number of rotatable bonds is 13. The van der Waals surface area contributed by atoms with Crippen molar-refractivity contribution in [2.45, 2.75) is 47.1 Å². The molecule has 1 aromatic rings. The minimum atomic E-state index is 0.665. The third-order valence-corrected chi connectivity index (χ3v) is 5.00. The predicted octanol–water partition coefficient (Wildman–Crippen LogP) is 1.86. The molecule has 0 fully saturated rings. The molecule has 138 valence electrons. The van der Waals surface area contributed by atoms with E-state index in [0.717, 1.165) is 47.6 Å². The molecule has 1 rings (SSSR count). The average Bonchev–Trinajstić information content (AvgIpc) is 2.57. The molecule has 24 heavy (non-hydrogen) atoms. The summed E-state index contributed by atoms with van der Waals surface area (Å²) >= 11 is 2.36. The van der Waals surface area contributed by atoms with Gasteiger partial charge in [-0.3, -0.25) is 0 Å². The van der Waals surface area contributed by atoms with Crippen LogP contribution in [-0.4, -0.2) is 39.4 Å². The van der Waals surface area contributed by atoms with Crippen molar-refractivity contribution in [2.75, 3.05) is 39.4 Å². The molecule has 0 aliphatic heterocycles. The number of benzene rings is 1. The van der Waals surface area contributed by atoms with E-state index in [1.54, 1.807) is 4.90 Å². The van der Waals surface area contributed by atoms with Crippen molar-refractivity contribution in [3.8, 4) is 11.5 Å². The summed E-state index contributed by atoms with van der Waals surface area (Å²) in [5.74, 6) is 1.79. The van der Waals surface area contributed by atoms with Crippen molar-refractivity contribution < 1.29 is 19.7 Å². The lowest BCUT2D eigenvalue weighted by Crippen LogP contribution is -3.14. The smallest absolute Gasteiger partial charge is 0.174 e. The van der Waals surface area contributed by atoms with E-state index in [9.17, 15) is 0 Å². The average molecular weight is 450 g/mol. The number of hydrogen-bond donors (Lipinski definition) is 2. The second-order valence-electron chi connectivity index (χ2n) is 6.03. The highest BCUT2D eigenvalue weighted by Gasteiger charge is 2.13. The fraction of sp³-hybridized carbons (Fsp3) is 0.684. The van der Waals surface area contributed by atoms with Crippen molar-refractivity contribution in [2.24, 2.45) is 0 Å². The van der Waals surface area contributed by atoms with Gasteiger partial charge in [-0.2, -0.15) is 0 Å². The third-order valence-electron chi connectivity index (χ3n) is 4.20. The van der Waals surface area contributed by atoms with Gasteiger partial charge in [0, 0.05) is 5.56 Å². The third kappa shape index (κ3) is 7.57. The number of ether oxygens (including phenoxy) is 2. The summed E-state index contributed by atoms with van der Waals surface area (Å²) < 4.78 is 12.9. The maximum atomic E-state index is 5.96. The highest BCUT2D eigenvalue weighted by molar-refractivity contribution is 14.1. The molecule has 3 N–H and O–H groups in total. The van der Waals surface area contributed by atoms with Gasteiger partial charge in [-0.1, -0.05) is 13.3 Å². The first-order valence-corrected chi connectivity index (χ1v) is 10.5. The summed E-state index contributed by atoms with van der Waals surface area (Å²) in [5, 5.41) is 2.39. The molecule has 0 aliphatic rings. The van der Waals surface area contributed by atoms with Crippen LogP contribution in [0.5, 0.6) is 11.5 Å². The lowest BCUT2D eigenvalue weighted by molar-refractivity contribution is -0.910. The quantitative estimate of drug-likeness (QED) is 0.356. The van der Waals surface area contributed by atoms with Gasteiger partial charge < -0.3 is 19.7 Å².